The molecular weight excluding hydrogens is 196 g/mol. The normalized spacial score (nSPS) is 10.5. The highest BCUT2D eigenvalue weighted by Gasteiger charge is 2.10. The van der Waals surface area contributed by atoms with Crippen LogP contribution in [0.5, 0.6) is 0 Å². The molecule has 2 rings (SSSR count). The molecule has 0 unspecified atom stereocenters. The number of benzene rings is 1. The Hall–Kier alpha value is -2.10. The molecule has 2 aromatic rings. The average molecular weight is 204 g/mol. The van der Waals surface area contributed by atoms with E-state index in [-0.39, 0.29) is 11.2 Å². The van der Waals surface area contributed by atoms with E-state index >= 15 is 0 Å². The van der Waals surface area contributed by atoms with Crippen molar-refractivity contribution in [2.45, 2.75) is 6.92 Å². The maximum Gasteiger partial charge on any atom is 0.371 e. The first-order chi connectivity index (χ1) is 7.08. The van der Waals surface area contributed by atoms with Gasteiger partial charge in [0.05, 0.1) is 5.39 Å². The third kappa shape index (κ3) is 1.61. The highest BCUT2D eigenvalue weighted by molar-refractivity contribution is 5.87. The smallest absolute Gasteiger partial charge is 0.371 e. The predicted octanol–water partition coefficient (Wildman–Crippen LogP) is 1.80. The van der Waals surface area contributed by atoms with Crippen LogP contribution in [0.25, 0.3) is 11.0 Å². The minimum atomic E-state index is -1.24. The molecule has 4 nitrogen and oxygen atoms in total. The van der Waals surface area contributed by atoms with E-state index in [2.05, 4.69) is 0 Å². The Morgan fingerprint density at radius 1 is 1.33 bits per heavy atom. The number of carboxylic acids is 1. The Morgan fingerprint density at radius 3 is 2.73 bits per heavy atom. The monoisotopic (exact) mass is 204 g/mol. The van der Waals surface area contributed by atoms with Gasteiger partial charge in [0.2, 0.25) is 5.76 Å². The molecule has 15 heavy (non-hydrogen) atoms. The molecule has 0 atom stereocenters. The number of aromatic carboxylic acids is 1. The van der Waals surface area contributed by atoms with Crippen LogP contribution in [0.4, 0.5) is 0 Å². The number of hydrogen-bond donors (Lipinski definition) is 1. The van der Waals surface area contributed by atoms with Crippen LogP contribution in [0.15, 0.2) is 33.5 Å². The van der Waals surface area contributed by atoms with Crippen LogP contribution in [-0.2, 0) is 0 Å². The number of hydrogen-bond acceptors (Lipinski definition) is 3. The molecule has 0 spiro atoms. The first-order valence-electron chi connectivity index (χ1n) is 4.36. The van der Waals surface area contributed by atoms with Gasteiger partial charge in [0.25, 0.3) is 0 Å². The average Bonchev–Trinajstić information content (AvgIpc) is 2.16. The summed E-state index contributed by atoms with van der Waals surface area (Å²) in [7, 11) is 0. The molecule has 0 saturated heterocycles. The fraction of sp³-hybridized carbons (Fsp3) is 0.0909. The van der Waals surface area contributed by atoms with Gasteiger partial charge >= 0.3 is 5.97 Å². The highest BCUT2D eigenvalue weighted by atomic mass is 16.4. The molecule has 0 amide bonds. The maximum absolute atomic E-state index is 11.5. The van der Waals surface area contributed by atoms with Crippen LogP contribution in [0.2, 0.25) is 0 Å². The molecule has 0 aliphatic heterocycles. The summed E-state index contributed by atoms with van der Waals surface area (Å²) in [5.74, 6) is -1.58. The molecule has 0 saturated carbocycles. The van der Waals surface area contributed by atoms with Gasteiger partial charge in [-0.3, -0.25) is 4.79 Å². The number of aryl methyl sites for hydroxylation is 1. The summed E-state index contributed by atoms with van der Waals surface area (Å²) in [6.07, 6.45) is 0. The lowest BCUT2D eigenvalue weighted by atomic mass is 10.1. The summed E-state index contributed by atoms with van der Waals surface area (Å²) >= 11 is 0. The molecule has 0 fully saturated rings. The number of carboxylic acid groups (broad SMARTS) is 1. The molecule has 1 N–H and O–H groups in total. The Balaban J connectivity index is 2.85. The zero-order chi connectivity index (χ0) is 11.0. The molecular formula is C11H8O4. The van der Waals surface area contributed by atoms with Gasteiger partial charge in [-0.05, 0) is 24.6 Å². The topological polar surface area (TPSA) is 67.5 Å². The maximum atomic E-state index is 11.5. The summed E-state index contributed by atoms with van der Waals surface area (Å²) < 4.78 is 5.09. The second kappa shape index (κ2) is 3.24. The Bertz CT molecular complexity index is 595. The van der Waals surface area contributed by atoms with E-state index in [0.29, 0.717) is 11.0 Å². The van der Waals surface area contributed by atoms with E-state index in [1.165, 1.54) is 0 Å². The third-order valence-corrected chi connectivity index (χ3v) is 2.10. The van der Waals surface area contributed by atoms with Crippen molar-refractivity contribution in [3.8, 4) is 0 Å². The van der Waals surface area contributed by atoms with E-state index in [9.17, 15) is 9.59 Å². The number of rotatable bonds is 1. The largest absolute Gasteiger partial charge is 0.475 e. The zero-order valence-corrected chi connectivity index (χ0v) is 7.98. The fourth-order valence-corrected chi connectivity index (χ4v) is 1.37. The minimum absolute atomic E-state index is 0.305. The van der Waals surface area contributed by atoms with Gasteiger partial charge in [-0.2, -0.15) is 0 Å². The van der Waals surface area contributed by atoms with Crippen molar-refractivity contribution in [3.05, 3.63) is 45.8 Å². The highest BCUT2D eigenvalue weighted by Crippen LogP contribution is 2.14. The lowest BCUT2D eigenvalue weighted by Gasteiger charge is -1.99. The van der Waals surface area contributed by atoms with Crippen molar-refractivity contribution in [1.82, 2.24) is 0 Å². The summed E-state index contributed by atoms with van der Waals surface area (Å²) in [6, 6.07) is 6.03. The zero-order valence-electron chi connectivity index (χ0n) is 7.98. The van der Waals surface area contributed by atoms with E-state index < -0.39 is 5.97 Å². The van der Waals surface area contributed by atoms with Crippen LogP contribution in [0.1, 0.15) is 16.1 Å². The second-order valence-electron chi connectivity index (χ2n) is 3.28. The molecule has 1 heterocycles. The quantitative estimate of drug-likeness (QED) is 0.769. The minimum Gasteiger partial charge on any atom is -0.475 e. The number of fused-ring (bicyclic) bond motifs is 1. The molecule has 76 valence electrons. The van der Waals surface area contributed by atoms with Gasteiger partial charge in [-0.25, -0.2) is 4.79 Å². The van der Waals surface area contributed by atoms with Crippen molar-refractivity contribution < 1.29 is 14.3 Å². The van der Waals surface area contributed by atoms with Crippen LogP contribution in [0.3, 0.4) is 0 Å². The van der Waals surface area contributed by atoms with E-state index in [4.69, 9.17) is 9.52 Å². The molecule has 4 heteroatoms. The van der Waals surface area contributed by atoms with Crippen LogP contribution < -0.4 is 5.43 Å². The predicted molar refractivity (Wildman–Crippen MR) is 54.2 cm³/mol. The van der Waals surface area contributed by atoms with Crippen molar-refractivity contribution >= 4 is 16.9 Å². The summed E-state index contributed by atoms with van der Waals surface area (Å²) in [5, 5.41) is 9.10. The molecule has 0 aliphatic carbocycles. The van der Waals surface area contributed by atoms with Crippen molar-refractivity contribution in [2.24, 2.45) is 0 Å². The van der Waals surface area contributed by atoms with Crippen molar-refractivity contribution in [1.29, 1.82) is 0 Å². The van der Waals surface area contributed by atoms with Gasteiger partial charge in [0.1, 0.15) is 5.58 Å². The van der Waals surface area contributed by atoms with Crippen LogP contribution in [0, 0.1) is 6.92 Å². The van der Waals surface area contributed by atoms with E-state index in [0.717, 1.165) is 11.6 Å². The van der Waals surface area contributed by atoms with Gasteiger partial charge in [-0.15, -0.1) is 0 Å². The molecule has 1 aromatic carbocycles. The summed E-state index contributed by atoms with van der Waals surface area (Å²) in [4.78, 5) is 22.1. The Labute approximate surface area is 84.8 Å². The van der Waals surface area contributed by atoms with Gasteiger partial charge in [-0.1, -0.05) is 6.07 Å². The SMILES string of the molecule is Cc1ccc2c(=O)cc(C(=O)O)oc2c1. The standard InChI is InChI=1S/C11H8O4/c1-6-2-3-7-8(12)5-10(11(13)14)15-9(7)4-6/h2-5H,1H3,(H,13,14). The lowest BCUT2D eigenvalue weighted by molar-refractivity contribution is 0.0663. The third-order valence-electron chi connectivity index (χ3n) is 2.10. The van der Waals surface area contributed by atoms with Crippen LogP contribution in [-0.4, -0.2) is 11.1 Å². The van der Waals surface area contributed by atoms with Gasteiger partial charge in [0, 0.05) is 6.07 Å². The summed E-state index contributed by atoms with van der Waals surface area (Å²) in [5.41, 5.74) is 0.877. The first-order valence-corrected chi connectivity index (χ1v) is 4.36. The molecule has 1 aromatic heterocycles. The van der Waals surface area contributed by atoms with Crippen molar-refractivity contribution in [2.75, 3.05) is 0 Å². The lowest BCUT2D eigenvalue weighted by Crippen LogP contribution is -2.06. The van der Waals surface area contributed by atoms with Gasteiger partial charge < -0.3 is 9.52 Å². The Morgan fingerprint density at radius 2 is 2.07 bits per heavy atom. The van der Waals surface area contributed by atoms with Crippen LogP contribution >= 0.6 is 0 Å². The van der Waals surface area contributed by atoms with E-state index in [1.807, 2.05) is 6.92 Å². The van der Waals surface area contributed by atoms with E-state index in [1.54, 1.807) is 18.2 Å². The van der Waals surface area contributed by atoms with Crippen molar-refractivity contribution in [3.63, 3.8) is 0 Å². The second-order valence-corrected chi connectivity index (χ2v) is 3.28. The van der Waals surface area contributed by atoms with Gasteiger partial charge in [0.15, 0.2) is 5.43 Å². The number of carbonyl (C=O) groups is 1. The Kier molecular flexibility index (Phi) is 2.04. The molecule has 0 bridgehead atoms. The summed E-state index contributed by atoms with van der Waals surface area (Å²) in [6.45, 7) is 1.84. The molecule has 0 radical (unpaired) electrons. The molecule has 0 aliphatic rings. The fourth-order valence-electron chi connectivity index (χ4n) is 1.37. The first kappa shape index (κ1) is 9.45.